The minimum atomic E-state index is -0.139. The van der Waals surface area contributed by atoms with Gasteiger partial charge in [-0.2, -0.15) is 0 Å². The maximum atomic E-state index is 12.0. The van der Waals surface area contributed by atoms with Crippen LogP contribution in [0.5, 0.6) is 0 Å². The molecule has 0 spiro atoms. The molecule has 2 N–H and O–H groups in total. The topological polar surface area (TPSA) is 60.9 Å². The number of nitrogens with two attached hydrogens (primary N) is 1. The van der Waals surface area contributed by atoms with Gasteiger partial charge in [0, 0.05) is 24.9 Å². The van der Waals surface area contributed by atoms with Gasteiger partial charge in [-0.05, 0) is 23.6 Å². The predicted molar refractivity (Wildman–Crippen MR) is 105 cm³/mol. The Balaban J connectivity index is 1.68. The number of rotatable bonds is 3. The molecule has 1 aliphatic rings. The molecule has 130 valence electrons. The van der Waals surface area contributed by atoms with Crippen LogP contribution in [0.4, 0.5) is 5.95 Å². The van der Waals surface area contributed by atoms with Crippen LogP contribution in [0.2, 0.25) is 0 Å². The third kappa shape index (κ3) is 2.73. The van der Waals surface area contributed by atoms with Crippen LogP contribution in [0, 0.1) is 6.92 Å². The maximum Gasteiger partial charge on any atom is 0.254 e. The van der Waals surface area contributed by atoms with Gasteiger partial charge in [0.15, 0.2) is 0 Å². The van der Waals surface area contributed by atoms with Crippen LogP contribution in [0.25, 0.3) is 11.1 Å². The molecular weight excluding hydrogens is 322 g/mol. The zero-order valence-electron chi connectivity index (χ0n) is 14.9. The van der Waals surface area contributed by atoms with E-state index in [2.05, 4.69) is 67.0 Å². The molecule has 4 nitrogen and oxygen atoms in total. The first-order valence-corrected chi connectivity index (χ1v) is 8.65. The van der Waals surface area contributed by atoms with Crippen molar-refractivity contribution in [2.24, 2.45) is 7.05 Å². The summed E-state index contributed by atoms with van der Waals surface area (Å²) in [6.07, 6.45) is 0. The Morgan fingerprint density at radius 2 is 1.73 bits per heavy atom. The van der Waals surface area contributed by atoms with Crippen molar-refractivity contribution in [2.45, 2.75) is 18.8 Å². The largest absolute Gasteiger partial charge is 0.369 e. The highest BCUT2D eigenvalue weighted by Crippen LogP contribution is 2.58. The fraction of sp³-hybridized carbons (Fsp3) is 0.182. The van der Waals surface area contributed by atoms with Gasteiger partial charge in [-0.1, -0.05) is 66.2 Å². The Labute approximate surface area is 152 Å². The molecule has 3 aromatic rings. The van der Waals surface area contributed by atoms with Crippen molar-refractivity contribution >= 4 is 5.95 Å². The number of hydrogen-bond acceptors (Lipinski definition) is 3. The van der Waals surface area contributed by atoms with E-state index >= 15 is 0 Å². The van der Waals surface area contributed by atoms with E-state index < -0.39 is 0 Å². The van der Waals surface area contributed by atoms with Gasteiger partial charge < -0.3 is 5.73 Å². The summed E-state index contributed by atoms with van der Waals surface area (Å²) < 4.78 is 1.35. The lowest BCUT2D eigenvalue weighted by atomic mass is 9.99. The summed E-state index contributed by atoms with van der Waals surface area (Å²) >= 11 is 0. The quantitative estimate of drug-likeness (QED) is 0.736. The smallest absolute Gasteiger partial charge is 0.254 e. The van der Waals surface area contributed by atoms with Gasteiger partial charge in [0.2, 0.25) is 5.95 Å². The molecule has 1 heterocycles. The van der Waals surface area contributed by atoms with Crippen molar-refractivity contribution in [3.05, 3.63) is 93.9 Å². The molecule has 1 saturated carbocycles. The van der Waals surface area contributed by atoms with E-state index in [9.17, 15) is 4.79 Å². The second-order valence-electron chi connectivity index (χ2n) is 6.96. The van der Waals surface area contributed by atoms with Crippen molar-refractivity contribution in [3.8, 4) is 11.1 Å². The van der Waals surface area contributed by atoms with Crippen LogP contribution in [-0.2, 0) is 7.05 Å². The highest BCUT2D eigenvalue weighted by atomic mass is 16.1. The maximum absolute atomic E-state index is 12.0. The molecule has 1 aliphatic carbocycles. The summed E-state index contributed by atoms with van der Waals surface area (Å²) in [5, 5.41) is 0. The number of allylic oxidation sites excluding steroid dienone is 1. The minimum Gasteiger partial charge on any atom is -0.369 e. The number of anilines is 1. The van der Waals surface area contributed by atoms with Gasteiger partial charge in [-0.3, -0.25) is 9.36 Å². The summed E-state index contributed by atoms with van der Waals surface area (Å²) in [7, 11) is 1.62. The van der Waals surface area contributed by atoms with Gasteiger partial charge in [0.05, 0.1) is 5.69 Å². The molecule has 26 heavy (non-hydrogen) atoms. The van der Waals surface area contributed by atoms with Crippen molar-refractivity contribution in [1.82, 2.24) is 9.55 Å². The second kappa shape index (κ2) is 5.99. The average molecular weight is 343 g/mol. The van der Waals surface area contributed by atoms with Crippen molar-refractivity contribution in [2.75, 3.05) is 5.73 Å². The Bertz CT molecular complexity index is 1080. The van der Waals surface area contributed by atoms with E-state index in [0.717, 1.165) is 5.57 Å². The summed E-state index contributed by atoms with van der Waals surface area (Å²) in [4.78, 5) is 16.4. The third-order valence-electron chi connectivity index (χ3n) is 5.13. The SMILES string of the molecule is C=C1C(c2cccc(-c3cccc(C)c3)c2)C1c1cc(=O)n(C)c(N)n1. The van der Waals surface area contributed by atoms with E-state index in [1.165, 1.54) is 26.8 Å². The molecule has 0 amide bonds. The first-order chi connectivity index (χ1) is 12.5. The molecule has 2 unspecified atom stereocenters. The zero-order valence-corrected chi connectivity index (χ0v) is 14.9. The van der Waals surface area contributed by atoms with Crippen molar-refractivity contribution < 1.29 is 0 Å². The molecule has 1 fully saturated rings. The fourth-order valence-electron chi connectivity index (χ4n) is 3.55. The Morgan fingerprint density at radius 1 is 1.04 bits per heavy atom. The molecule has 2 atom stereocenters. The number of hydrogen-bond donors (Lipinski definition) is 1. The van der Waals surface area contributed by atoms with Crippen LogP contribution >= 0.6 is 0 Å². The minimum absolute atomic E-state index is 0.0546. The van der Waals surface area contributed by atoms with Crippen LogP contribution in [-0.4, -0.2) is 9.55 Å². The molecular formula is C22H21N3O. The van der Waals surface area contributed by atoms with E-state index in [4.69, 9.17) is 5.73 Å². The van der Waals surface area contributed by atoms with E-state index in [-0.39, 0.29) is 23.3 Å². The van der Waals surface area contributed by atoms with Crippen molar-refractivity contribution in [1.29, 1.82) is 0 Å². The summed E-state index contributed by atoms with van der Waals surface area (Å²) in [6, 6.07) is 18.5. The first-order valence-electron chi connectivity index (χ1n) is 8.65. The van der Waals surface area contributed by atoms with Crippen LogP contribution in [0.15, 0.2) is 71.5 Å². The number of benzene rings is 2. The fourth-order valence-corrected chi connectivity index (χ4v) is 3.55. The van der Waals surface area contributed by atoms with E-state index in [0.29, 0.717) is 5.69 Å². The van der Waals surface area contributed by atoms with Crippen LogP contribution in [0.3, 0.4) is 0 Å². The highest BCUT2D eigenvalue weighted by Gasteiger charge is 2.45. The van der Waals surface area contributed by atoms with Gasteiger partial charge in [-0.15, -0.1) is 0 Å². The molecule has 2 aromatic carbocycles. The lowest BCUT2D eigenvalue weighted by molar-refractivity contribution is 0.815. The molecule has 4 heteroatoms. The van der Waals surface area contributed by atoms with Gasteiger partial charge in [0.1, 0.15) is 0 Å². The summed E-state index contributed by atoms with van der Waals surface area (Å²) in [5.74, 6) is 0.470. The lowest BCUT2D eigenvalue weighted by Gasteiger charge is -2.07. The van der Waals surface area contributed by atoms with Gasteiger partial charge >= 0.3 is 0 Å². The molecule has 0 aliphatic heterocycles. The summed E-state index contributed by atoms with van der Waals surface area (Å²) in [6.45, 7) is 6.29. The van der Waals surface area contributed by atoms with E-state index in [1.807, 2.05) is 0 Å². The number of nitrogen functional groups attached to an aromatic ring is 1. The molecule has 0 bridgehead atoms. The monoisotopic (exact) mass is 343 g/mol. The summed E-state index contributed by atoms with van der Waals surface area (Å²) in [5.41, 5.74) is 12.3. The Kier molecular flexibility index (Phi) is 3.76. The highest BCUT2D eigenvalue weighted by molar-refractivity contribution is 5.66. The molecule has 0 saturated heterocycles. The standard InChI is InChI=1S/C22H21N3O/c1-13-6-4-7-15(10-13)16-8-5-9-17(11-16)20-14(2)21(20)18-12-19(26)25(3)22(23)24-18/h4-12,20-21H,2H2,1,3H3,(H2,23,24). The molecule has 0 radical (unpaired) electrons. The molecule has 1 aromatic heterocycles. The van der Waals surface area contributed by atoms with Crippen LogP contribution in [0.1, 0.15) is 28.7 Å². The number of aryl methyl sites for hydroxylation is 1. The predicted octanol–water partition coefficient (Wildman–Crippen LogP) is 3.78. The molecule has 4 rings (SSSR count). The third-order valence-corrected chi connectivity index (χ3v) is 5.13. The number of nitrogens with zero attached hydrogens (tertiary/aromatic N) is 2. The normalized spacial score (nSPS) is 18.8. The Morgan fingerprint density at radius 3 is 2.42 bits per heavy atom. The van der Waals surface area contributed by atoms with Gasteiger partial charge in [0.25, 0.3) is 5.56 Å². The first kappa shape index (κ1) is 16.3. The zero-order chi connectivity index (χ0) is 18.4. The van der Waals surface area contributed by atoms with Gasteiger partial charge in [-0.25, -0.2) is 4.98 Å². The second-order valence-corrected chi connectivity index (χ2v) is 6.96. The lowest BCUT2D eigenvalue weighted by Crippen LogP contribution is -2.21. The average Bonchev–Trinajstić information content (AvgIpc) is 3.30. The Hall–Kier alpha value is -3.14. The van der Waals surface area contributed by atoms with E-state index in [1.54, 1.807) is 13.1 Å². The van der Waals surface area contributed by atoms with Crippen molar-refractivity contribution in [3.63, 3.8) is 0 Å². The number of aromatic nitrogens is 2. The van der Waals surface area contributed by atoms with Crippen LogP contribution < -0.4 is 11.3 Å².